The van der Waals surface area contributed by atoms with Crippen LogP contribution in [0.15, 0.2) is 0 Å². The molecule has 2 aliphatic rings. The van der Waals surface area contributed by atoms with Gasteiger partial charge < -0.3 is 10.2 Å². The fourth-order valence-corrected chi connectivity index (χ4v) is 3.81. The molecule has 20 heavy (non-hydrogen) atoms. The van der Waals surface area contributed by atoms with Crippen molar-refractivity contribution in [3.63, 3.8) is 0 Å². The summed E-state index contributed by atoms with van der Waals surface area (Å²) in [5, 5.41) is 3.39. The lowest BCUT2D eigenvalue weighted by Gasteiger charge is -2.34. The monoisotopic (exact) mass is 280 g/mol. The second-order valence-electron chi connectivity index (χ2n) is 7.21. The van der Waals surface area contributed by atoms with E-state index in [1.807, 2.05) is 0 Å². The number of amides is 1. The maximum absolute atomic E-state index is 12.4. The van der Waals surface area contributed by atoms with Crippen LogP contribution in [-0.4, -0.2) is 37.0 Å². The second kappa shape index (κ2) is 8.02. The molecule has 2 rings (SSSR count). The topological polar surface area (TPSA) is 32.3 Å². The molecule has 3 nitrogen and oxygen atoms in total. The molecule has 3 heteroatoms. The van der Waals surface area contributed by atoms with Crippen LogP contribution in [0, 0.1) is 17.8 Å². The van der Waals surface area contributed by atoms with Crippen LogP contribution in [-0.2, 0) is 4.79 Å². The summed E-state index contributed by atoms with van der Waals surface area (Å²) in [6, 6.07) is 0. The molecule has 0 saturated carbocycles. The Balaban J connectivity index is 1.70. The Morgan fingerprint density at radius 1 is 1.20 bits per heavy atom. The number of nitrogens with one attached hydrogen (secondary N) is 1. The molecular formula is C17H32N2O. The van der Waals surface area contributed by atoms with Gasteiger partial charge in [-0.3, -0.25) is 4.79 Å². The lowest BCUT2D eigenvalue weighted by molar-refractivity contribution is -0.133. The molecule has 0 aromatic heterocycles. The molecule has 0 spiro atoms. The highest BCUT2D eigenvalue weighted by Crippen LogP contribution is 2.24. The quantitative estimate of drug-likeness (QED) is 0.839. The number of nitrogens with zero attached hydrogens (tertiary/aromatic N) is 1. The maximum Gasteiger partial charge on any atom is 0.222 e. The zero-order valence-corrected chi connectivity index (χ0v) is 13.4. The van der Waals surface area contributed by atoms with Crippen LogP contribution in [0.1, 0.15) is 58.8 Å². The van der Waals surface area contributed by atoms with E-state index in [2.05, 4.69) is 24.1 Å². The highest BCUT2D eigenvalue weighted by atomic mass is 16.2. The summed E-state index contributed by atoms with van der Waals surface area (Å²) in [5.74, 6) is 2.69. The van der Waals surface area contributed by atoms with Crippen LogP contribution in [0.5, 0.6) is 0 Å². The molecule has 2 saturated heterocycles. The summed E-state index contributed by atoms with van der Waals surface area (Å²) in [6.07, 6.45) is 8.18. The number of rotatable bonds is 5. The van der Waals surface area contributed by atoms with E-state index in [0.29, 0.717) is 5.91 Å². The molecule has 0 aromatic rings. The van der Waals surface area contributed by atoms with E-state index < -0.39 is 0 Å². The van der Waals surface area contributed by atoms with Crippen molar-refractivity contribution < 1.29 is 4.79 Å². The summed E-state index contributed by atoms with van der Waals surface area (Å²) < 4.78 is 0. The van der Waals surface area contributed by atoms with Gasteiger partial charge in [0.15, 0.2) is 0 Å². The zero-order valence-electron chi connectivity index (χ0n) is 13.4. The van der Waals surface area contributed by atoms with E-state index >= 15 is 0 Å². The van der Waals surface area contributed by atoms with Crippen molar-refractivity contribution in [1.82, 2.24) is 10.2 Å². The van der Waals surface area contributed by atoms with Crippen LogP contribution in [0.2, 0.25) is 0 Å². The van der Waals surface area contributed by atoms with Crippen molar-refractivity contribution in [3.05, 3.63) is 0 Å². The maximum atomic E-state index is 12.4. The minimum absolute atomic E-state index is 0.414. The van der Waals surface area contributed by atoms with Gasteiger partial charge in [-0.2, -0.15) is 0 Å². The molecule has 1 unspecified atom stereocenters. The largest absolute Gasteiger partial charge is 0.342 e. The van der Waals surface area contributed by atoms with Crippen molar-refractivity contribution in [2.45, 2.75) is 58.8 Å². The fraction of sp³-hybridized carbons (Fsp3) is 0.941. The number of piperidine rings is 2. The van der Waals surface area contributed by atoms with Gasteiger partial charge in [0.2, 0.25) is 5.91 Å². The van der Waals surface area contributed by atoms with Crippen molar-refractivity contribution >= 4 is 5.91 Å². The van der Waals surface area contributed by atoms with E-state index in [1.165, 1.54) is 32.1 Å². The van der Waals surface area contributed by atoms with Gasteiger partial charge >= 0.3 is 0 Å². The Labute approximate surface area is 124 Å². The summed E-state index contributed by atoms with van der Waals surface area (Å²) in [4.78, 5) is 14.5. The Hall–Kier alpha value is -0.570. The first-order chi connectivity index (χ1) is 9.65. The number of hydrogen-bond acceptors (Lipinski definition) is 2. The highest BCUT2D eigenvalue weighted by molar-refractivity contribution is 5.76. The Kier molecular flexibility index (Phi) is 6.34. The summed E-state index contributed by atoms with van der Waals surface area (Å²) in [5.41, 5.74) is 0. The Bertz CT molecular complexity index is 297. The third-order valence-corrected chi connectivity index (χ3v) is 4.90. The molecule has 116 valence electrons. The third kappa shape index (κ3) is 5.08. The molecule has 2 aliphatic heterocycles. The van der Waals surface area contributed by atoms with Crippen LogP contribution in [0.3, 0.4) is 0 Å². The van der Waals surface area contributed by atoms with E-state index in [4.69, 9.17) is 0 Å². The van der Waals surface area contributed by atoms with E-state index in [9.17, 15) is 4.79 Å². The lowest BCUT2D eigenvalue weighted by Crippen LogP contribution is -2.40. The van der Waals surface area contributed by atoms with Crippen LogP contribution < -0.4 is 5.32 Å². The van der Waals surface area contributed by atoms with Crippen molar-refractivity contribution in [2.75, 3.05) is 26.2 Å². The van der Waals surface area contributed by atoms with Crippen LogP contribution in [0.4, 0.5) is 0 Å². The minimum Gasteiger partial charge on any atom is -0.342 e. The van der Waals surface area contributed by atoms with Crippen LogP contribution >= 0.6 is 0 Å². The van der Waals surface area contributed by atoms with Crippen LogP contribution in [0.25, 0.3) is 0 Å². The van der Waals surface area contributed by atoms with E-state index in [0.717, 1.165) is 56.8 Å². The molecule has 1 N–H and O–H groups in total. The molecule has 0 bridgehead atoms. The molecule has 2 fully saturated rings. The number of carbonyl (C=O) groups is 1. The minimum atomic E-state index is 0.414. The van der Waals surface area contributed by atoms with Gasteiger partial charge in [-0.05, 0) is 69.4 Å². The molecule has 0 aromatic carbocycles. The van der Waals surface area contributed by atoms with Gasteiger partial charge in [0.25, 0.3) is 0 Å². The average Bonchev–Trinajstić information content (AvgIpc) is 2.45. The Morgan fingerprint density at radius 3 is 2.65 bits per heavy atom. The smallest absolute Gasteiger partial charge is 0.222 e. The first-order valence-corrected chi connectivity index (χ1v) is 8.63. The standard InChI is InChI=1S/C17H32N2O/c1-14(2)12-16-4-3-11-19(13-16)17(20)6-5-15-7-9-18-10-8-15/h14-16,18H,3-13H2,1-2H3. The van der Waals surface area contributed by atoms with Gasteiger partial charge in [-0.1, -0.05) is 13.8 Å². The molecule has 1 amide bonds. The SMILES string of the molecule is CC(C)CC1CCCN(C(=O)CCC2CCNCC2)C1. The van der Waals surface area contributed by atoms with E-state index in [1.54, 1.807) is 0 Å². The molecule has 0 radical (unpaired) electrons. The fourth-order valence-electron chi connectivity index (χ4n) is 3.81. The molecular weight excluding hydrogens is 248 g/mol. The van der Waals surface area contributed by atoms with E-state index in [-0.39, 0.29) is 0 Å². The van der Waals surface area contributed by atoms with Crippen molar-refractivity contribution in [1.29, 1.82) is 0 Å². The number of carbonyl (C=O) groups excluding carboxylic acids is 1. The summed E-state index contributed by atoms with van der Waals surface area (Å²) in [7, 11) is 0. The zero-order chi connectivity index (χ0) is 14.4. The lowest BCUT2D eigenvalue weighted by atomic mass is 9.89. The van der Waals surface area contributed by atoms with Gasteiger partial charge in [0.05, 0.1) is 0 Å². The molecule has 1 atom stereocenters. The molecule has 0 aliphatic carbocycles. The summed E-state index contributed by atoms with van der Waals surface area (Å²) in [6.45, 7) is 8.87. The summed E-state index contributed by atoms with van der Waals surface area (Å²) >= 11 is 0. The van der Waals surface area contributed by atoms with Crippen molar-refractivity contribution in [2.24, 2.45) is 17.8 Å². The van der Waals surface area contributed by atoms with Gasteiger partial charge in [0.1, 0.15) is 0 Å². The first-order valence-electron chi connectivity index (χ1n) is 8.63. The van der Waals surface area contributed by atoms with Gasteiger partial charge in [0, 0.05) is 19.5 Å². The number of likely N-dealkylation sites (tertiary alicyclic amines) is 1. The average molecular weight is 280 g/mol. The third-order valence-electron chi connectivity index (χ3n) is 4.90. The van der Waals surface area contributed by atoms with Gasteiger partial charge in [-0.15, -0.1) is 0 Å². The predicted octanol–water partition coefficient (Wildman–Crippen LogP) is 3.05. The number of hydrogen-bond donors (Lipinski definition) is 1. The van der Waals surface area contributed by atoms with Crippen molar-refractivity contribution in [3.8, 4) is 0 Å². The normalized spacial score (nSPS) is 25.1. The highest BCUT2D eigenvalue weighted by Gasteiger charge is 2.24. The Morgan fingerprint density at radius 2 is 1.95 bits per heavy atom. The second-order valence-corrected chi connectivity index (χ2v) is 7.21. The predicted molar refractivity (Wildman–Crippen MR) is 83.6 cm³/mol. The van der Waals surface area contributed by atoms with Gasteiger partial charge in [-0.25, -0.2) is 0 Å². The molecule has 2 heterocycles. The first kappa shape index (κ1) is 15.8.